The third kappa shape index (κ3) is 7.82. The average Bonchev–Trinajstić information content (AvgIpc) is 3.33. The molecule has 0 fully saturated rings. The number of fused-ring (bicyclic) bond motifs is 3. The highest BCUT2D eigenvalue weighted by atomic mass is 28.4. The molecule has 0 aromatic heterocycles. The molecule has 226 valence electrons. The largest absolute Gasteiger partial charge is 0.518 e. The standard InChI is InChI=1S/C36H38N2O5Si/c1-44(2,3)43-35(40)33(22-26-14-6-4-7-15-26)37-34(39)24-38(23-27-16-8-5-9-17-27)36(41)42-25-32-30-20-12-10-18-28(30)29-19-11-13-21-31(29)32/h4-21,32-33H,22-25H2,1-3H3,(H,37,39)/t33-/m0/s1. The lowest BCUT2D eigenvalue weighted by Gasteiger charge is -2.26. The van der Waals surface area contributed by atoms with Gasteiger partial charge in [-0.2, -0.15) is 0 Å². The molecule has 8 heteroatoms. The monoisotopic (exact) mass is 606 g/mol. The number of hydrogen-bond acceptors (Lipinski definition) is 5. The fourth-order valence-electron chi connectivity index (χ4n) is 5.50. The molecule has 0 heterocycles. The number of nitrogens with zero attached hydrogens (tertiary/aromatic N) is 1. The van der Waals surface area contributed by atoms with Gasteiger partial charge in [-0.1, -0.05) is 109 Å². The fourth-order valence-corrected chi connectivity index (χ4v) is 6.25. The van der Waals surface area contributed by atoms with Crippen molar-refractivity contribution in [3.8, 4) is 11.1 Å². The molecule has 0 unspecified atom stereocenters. The summed E-state index contributed by atoms with van der Waals surface area (Å²) >= 11 is 0. The lowest BCUT2D eigenvalue weighted by molar-refractivity contribution is -0.140. The van der Waals surface area contributed by atoms with E-state index >= 15 is 0 Å². The summed E-state index contributed by atoms with van der Waals surface area (Å²) in [7, 11) is -2.21. The van der Waals surface area contributed by atoms with E-state index in [1.807, 2.05) is 105 Å². The van der Waals surface area contributed by atoms with Crippen LogP contribution in [0.15, 0.2) is 109 Å². The maximum absolute atomic E-state index is 13.6. The van der Waals surface area contributed by atoms with Crippen molar-refractivity contribution in [2.75, 3.05) is 13.2 Å². The molecule has 4 aromatic carbocycles. The van der Waals surface area contributed by atoms with Gasteiger partial charge < -0.3 is 14.5 Å². The summed E-state index contributed by atoms with van der Waals surface area (Å²) in [4.78, 5) is 41.6. The van der Waals surface area contributed by atoms with Crippen LogP contribution in [0.5, 0.6) is 0 Å². The van der Waals surface area contributed by atoms with Gasteiger partial charge in [0.05, 0.1) is 0 Å². The highest BCUT2D eigenvalue weighted by Gasteiger charge is 2.32. The van der Waals surface area contributed by atoms with Crippen molar-refractivity contribution < 1.29 is 23.5 Å². The first-order valence-corrected chi connectivity index (χ1v) is 18.3. The summed E-state index contributed by atoms with van der Waals surface area (Å²) in [5.74, 6) is -1.05. The van der Waals surface area contributed by atoms with Crippen molar-refractivity contribution in [3.63, 3.8) is 0 Å². The van der Waals surface area contributed by atoms with Crippen LogP contribution in [0.1, 0.15) is 28.2 Å². The highest BCUT2D eigenvalue weighted by molar-refractivity contribution is 6.71. The van der Waals surface area contributed by atoms with E-state index in [9.17, 15) is 14.4 Å². The molecule has 0 aliphatic heterocycles. The van der Waals surface area contributed by atoms with Crippen LogP contribution in [0.4, 0.5) is 4.79 Å². The molecule has 5 rings (SSSR count). The van der Waals surface area contributed by atoms with Crippen molar-refractivity contribution >= 4 is 26.3 Å². The number of benzene rings is 4. The molecule has 1 aliphatic carbocycles. The van der Waals surface area contributed by atoms with Gasteiger partial charge in [0.15, 0.2) is 0 Å². The summed E-state index contributed by atoms with van der Waals surface area (Å²) in [5, 5.41) is 2.84. The lowest BCUT2D eigenvalue weighted by Crippen LogP contribution is -2.50. The third-order valence-corrected chi connectivity index (χ3v) is 8.27. The SMILES string of the molecule is C[Si](C)(C)OC(=O)[C@H](Cc1ccccc1)NC(=O)CN(Cc1ccccc1)C(=O)OCC1c2ccccc2-c2ccccc21. The van der Waals surface area contributed by atoms with Gasteiger partial charge in [-0.3, -0.25) is 14.5 Å². The topological polar surface area (TPSA) is 84.9 Å². The summed E-state index contributed by atoms with van der Waals surface area (Å²) < 4.78 is 11.7. The zero-order valence-electron chi connectivity index (χ0n) is 25.4. The van der Waals surface area contributed by atoms with Crippen molar-refractivity contribution in [2.45, 2.75) is 44.6 Å². The summed E-state index contributed by atoms with van der Waals surface area (Å²) in [6.45, 7) is 5.80. The van der Waals surface area contributed by atoms with Crippen LogP contribution in [-0.2, 0) is 31.7 Å². The Morgan fingerprint density at radius 3 is 1.84 bits per heavy atom. The Hall–Kier alpha value is -4.69. The van der Waals surface area contributed by atoms with Crippen LogP contribution < -0.4 is 5.32 Å². The normalized spacial score (nSPS) is 12.9. The predicted octanol–water partition coefficient (Wildman–Crippen LogP) is 6.54. The Labute approximate surface area is 260 Å². The average molecular weight is 607 g/mol. The van der Waals surface area contributed by atoms with Gasteiger partial charge >= 0.3 is 12.1 Å². The van der Waals surface area contributed by atoms with Crippen molar-refractivity contribution in [3.05, 3.63) is 131 Å². The molecule has 1 aliphatic rings. The minimum absolute atomic E-state index is 0.106. The Balaban J connectivity index is 1.31. The molecule has 2 amide bonds. The third-order valence-electron chi connectivity index (χ3n) is 7.45. The molecule has 0 spiro atoms. The van der Waals surface area contributed by atoms with Crippen LogP contribution in [0.2, 0.25) is 19.6 Å². The first-order valence-electron chi connectivity index (χ1n) is 14.9. The summed E-state index contributed by atoms with van der Waals surface area (Å²) in [6, 6.07) is 34.3. The van der Waals surface area contributed by atoms with Gasteiger partial charge in [0.1, 0.15) is 19.2 Å². The molecule has 1 N–H and O–H groups in total. The molecule has 4 aromatic rings. The van der Waals surface area contributed by atoms with E-state index in [2.05, 4.69) is 29.6 Å². The van der Waals surface area contributed by atoms with Crippen LogP contribution in [0.3, 0.4) is 0 Å². The summed E-state index contributed by atoms with van der Waals surface area (Å²) in [6.07, 6.45) is -0.324. The number of hydrogen-bond donors (Lipinski definition) is 1. The molecule has 7 nitrogen and oxygen atoms in total. The van der Waals surface area contributed by atoms with E-state index < -0.39 is 32.3 Å². The van der Waals surface area contributed by atoms with Crippen LogP contribution in [-0.4, -0.2) is 50.4 Å². The highest BCUT2D eigenvalue weighted by Crippen LogP contribution is 2.44. The first kappa shape index (κ1) is 30.8. The fraction of sp³-hybridized carbons (Fsp3) is 0.250. The smallest absolute Gasteiger partial charge is 0.410 e. The van der Waals surface area contributed by atoms with Crippen LogP contribution in [0.25, 0.3) is 11.1 Å². The van der Waals surface area contributed by atoms with E-state index in [1.54, 1.807) is 0 Å². The Morgan fingerprint density at radius 2 is 1.27 bits per heavy atom. The van der Waals surface area contributed by atoms with Gasteiger partial charge in [0, 0.05) is 18.9 Å². The van der Waals surface area contributed by atoms with E-state index in [-0.39, 0.29) is 32.0 Å². The van der Waals surface area contributed by atoms with Crippen molar-refractivity contribution in [1.29, 1.82) is 0 Å². The minimum Gasteiger partial charge on any atom is -0.518 e. The Kier molecular flexibility index (Phi) is 9.60. The van der Waals surface area contributed by atoms with Crippen LogP contribution in [0, 0.1) is 0 Å². The number of amides is 2. The van der Waals surface area contributed by atoms with Crippen molar-refractivity contribution in [1.82, 2.24) is 10.2 Å². The number of nitrogens with one attached hydrogen (secondary N) is 1. The second-order valence-electron chi connectivity index (χ2n) is 12.0. The molecule has 0 radical (unpaired) electrons. The number of rotatable bonds is 11. The van der Waals surface area contributed by atoms with E-state index in [4.69, 9.17) is 9.16 Å². The zero-order valence-corrected chi connectivity index (χ0v) is 26.4. The molecular weight excluding hydrogens is 568 g/mol. The van der Waals surface area contributed by atoms with Crippen molar-refractivity contribution in [2.24, 2.45) is 0 Å². The molecule has 0 bridgehead atoms. The predicted molar refractivity (Wildman–Crippen MR) is 173 cm³/mol. The van der Waals surface area contributed by atoms with E-state index in [0.29, 0.717) is 0 Å². The maximum atomic E-state index is 13.6. The molecule has 44 heavy (non-hydrogen) atoms. The second kappa shape index (κ2) is 13.7. The molecular formula is C36H38N2O5Si. The minimum atomic E-state index is -2.21. The number of ether oxygens (including phenoxy) is 1. The van der Waals surface area contributed by atoms with Gasteiger partial charge in [-0.25, -0.2) is 4.79 Å². The first-order chi connectivity index (χ1) is 21.2. The lowest BCUT2D eigenvalue weighted by atomic mass is 9.98. The van der Waals surface area contributed by atoms with Gasteiger partial charge in [0.25, 0.3) is 0 Å². The van der Waals surface area contributed by atoms with E-state index in [1.165, 1.54) is 4.90 Å². The zero-order chi connectivity index (χ0) is 31.1. The van der Waals surface area contributed by atoms with Gasteiger partial charge in [0.2, 0.25) is 14.2 Å². The van der Waals surface area contributed by atoms with E-state index in [0.717, 1.165) is 33.4 Å². The number of carbonyl (C=O) groups is 3. The Bertz CT molecular complexity index is 1560. The number of carbonyl (C=O) groups excluding carboxylic acids is 3. The van der Waals surface area contributed by atoms with Crippen LogP contribution >= 0.6 is 0 Å². The molecule has 0 saturated carbocycles. The molecule has 0 saturated heterocycles. The van der Waals surface area contributed by atoms with Gasteiger partial charge in [-0.05, 0) is 53.0 Å². The Morgan fingerprint density at radius 1 is 0.750 bits per heavy atom. The molecule has 1 atom stereocenters. The summed E-state index contributed by atoms with van der Waals surface area (Å²) in [5.41, 5.74) is 6.24. The van der Waals surface area contributed by atoms with Gasteiger partial charge in [-0.15, -0.1) is 0 Å². The quantitative estimate of drug-likeness (QED) is 0.196. The second-order valence-corrected chi connectivity index (χ2v) is 16.4. The maximum Gasteiger partial charge on any atom is 0.410 e.